The molecular formula is C16H18BrNO. The normalized spacial score (nSPS) is 12.4. The van der Waals surface area contributed by atoms with E-state index in [1.807, 2.05) is 12.1 Å². The van der Waals surface area contributed by atoms with Crippen LogP contribution in [0.4, 0.5) is 0 Å². The number of rotatable bonds is 5. The summed E-state index contributed by atoms with van der Waals surface area (Å²) in [5.41, 5.74) is 3.56. The highest BCUT2D eigenvalue weighted by atomic mass is 79.9. The first-order chi connectivity index (χ1) is 9.17. The molecule has 19 heavy (non-hydrogen) atoms. The Morgan fingerprint density at radius 2 is 2.05 bits per heavy atom. The maximum absolute atomic E-state index is 9.54. The first-order valence-corrected chi connectivity index (χ1v) is 7.23. The van der Waals surface area contributed by atoms with E-state index in [4.69, 9.17) is 0 Å². The highest BCUT2D eigenvalue weighted by molar-refractivity contribution is 9.10. The van der Waals surface area contributed by atoms with Gasteiger partial charge in [-0.15, -0.1) is 0 Å². The van der Waals surface area contributed by atoms with Crippen LogP contribution in [0, 0.1) is 12.8 Å². The molecule has 0 spiro atoms. The van der Waals surface area contributed by atoms with Crippen molar-refractivity contribution in [3.63, 3.8) is 0 Å². The van der Waals surface area contributed by atoms with E-state index in [-0.39, 0.29) is 12.5 Å². The fraction of sp³-hybridized carbons (Fsp3) is 0.312. The zero-order valence-corrected chi connectivity index (χ0v) is 12.6. The Labute approximate surface area is 122 Å². The molecule has 0 bridgehead atoms. The summed E-state index contributed by atoms with van der Waals surface area (Å²) in [6, 6.07) is 12.4. The predicted molar refractivity (Wildman–Crippen MR) is 81.1 cm³/mol. The van der Waals surface area contributed by atoms with E-state index in [0.717, 1.165) is 23.0 Å². The van der Waals surface area contributed by atoms with Gasteiger partial charge in [0.2, 0.25) is 0 Å². The Morgan fingerprint density at radius 1 is 1.21 bits per heavy atom. The van der Waals surface area contributed by atoms with Crippen LogP contribution >= 0.6 is 15.9 Å². The van der Waals surface area contributed by atoms with Crippen LogP contribution < -0.4 is 0 Å². The van der Waals surface area contributed by atoms with Gasteiger partial charge in [0, 0.05) is 23.0 Å². The van der Waals surface area contributed by atoms with Crippen LogP contribution in [0.5, 0.6) is 0 Å². The van der Waals surface area contributed by atoms with Gasteiger partial charge in [-0.2, -0.15) is 0 Å². The van der Waals surface area contributed by atoms with Gasteiger partial charge in [-0.3, -0.25) is 4.98 Å². The number of nitrogens with zero attached hydrogens (tertiary/aromatic N) is 1. The van der Waals surface area contributed by atoms with E-state index in [9.17, 15) is 5.11 Å². The van der Waals surface area contributed by atoms with Crippen molar-refractivity contribution in [1.29, 1.82) is 0 Å². The van der Waals surface area contributed by atoms with Gasteiger partial charge >= 0.3 is 0 Å². The molecule has 0 amide bonds. The number of halogens is 1. The summed E-state index contributed by atoms with van der Waals surface area (Å²) in [7, 11) is 0. The van der Waals surface area contributed by atoms with Crippen LogP contribution in [0.2, 0.25) is 0 Å². The molecule has 2 nitrogen and oxygen atoms in total. The lowest BCUT2D eigenvalue weighted by atomic mass is 9.94. The Kier molecular flexibility index (Phi) is 5.11. The third-order valence-electron chi connectivity index (χ3n) is 3.15. The maximum Gasteiger partial charge on any atom is 0.0466 e. The fourth-order valence-electron chi connectivity index (χ4n) is 2.20. The number of benzene rings is 1. The van der Waals surface area contributed by atoms with Crippen molar-refractivity contribution in [2.45, 2.75) is 19.8 Å². The second kappa shape index (κ2) is 6.83. The largest absolute Gasteiger partial charge is 0.396 e. The molecule has 3 heteroatoms. The number of aliphatic hydroxyl groups is 1. The van der Waals surface area contributed by atoms with Crippen molar-refractivity contribution in [2.75, 3.05) is 6.61 Å². The summed E-state index contributed by atoms with van der Waals surface area (Å²) in [5, 5.41) is 9.54. The molecule has 1 aromatic carbocycles. The quantitative estimate of drug-likeness (QED) is 0.914. The minimum atomic E-state index is 0.186. The maximum atomic E-state index is 9.54. The number of aromatic nitrogens is 1. The van der Waals surface area contributed by atoms with Gasteiger partial charge in [0.05, 0.1) is 0 Å². The summed E-state index contributed by atoms with van der Waals surface area (Å²) in [5.74, 6) is 0.218. The van der Waals surface area contributed by atoms with Gasteiger partial charge in [0.15, 0.2) is 0 Å². The highest BCUT2D eigenvalue weighted by Crippen LogP contribution is 2.16. The van der Waals surface area contributed by atoms with Gasteiger partial charge in [-0.25, -0.2) is 0 Å². The summed E-state index contributed by atoms with van der Waals surface area (Å²) in [6.45, 7) is 2.28. The van der Waals surface area contributed by atoms with Crippen molar-refractivity contribution in [2.24, 2.45) is 5.92 Å². The summed E-state index contributed by atoms with van der Waals surface area (Å²) >= 11 is 3.38. The zero-order chi connectivity index (χ0) is 13.7. The lowest BCUT2D eigenvalue weighted by molar-refractivity contribution is 0.224. The van der Waals surface area contributed by atoms with E-state index in [1.165, 1.54) is 11.1 Å². The van der Waals surface area contributed by atoms with Gasteiger partial charge in [-0.05, 0) is 59.3 Å². The standard InChI is InChI=1S/C16H18BrNO/c1-12-3-2-4-13(7-12)8-14(11-19)9-16-6-5-15(17)10-18-16/h2-7,10,14,19H,8-9,11H2,1H3. The van der Waals surface area contributed by atoms with E-state index in [0.29, 0.717) is 0 Å². The van der Waals surface area contributed by atoms with Crippen LogP contribution in [0.15, 0.2) is 47.1 Å². The van der Waals surface area contributed by atoms with Crippen molar-refractivity contribution < 1.29 is 5.11 Å². The fourth-order valence-corrected chi connectivity index (χ4v) is 2.43. The number of pyridine rings is 1. The molecule has 0 radical (unpaired) electrons. The minimum Gasteiger partial charge on any atom is -0.396 e. The van der Waals surface area contributed by atoms with Crippen molar-refractivity contribution in [3.05, 3.63) is 63.9 Å². The smallest absolute Gasteiger partial charge is 0.0466 e. The molecule has 1 heterocycles. The van der Waals surface area contributed by atoms with Gasteiger partial charge < -0.3 is 5.11 Å². The molecule has 0 aliphatic carbocycles. The molecule has 1 N–H and O–H groups in total. The number of hydrogen-bond acceptors (Lipinski definition) is 2. The second-order valence-electron chi connectivity index (χ2n) is 4.91. The summed E-state index contributed by atoms with van der Waals surface area (Å²) in [4.78, 5) is 4.37. The third-order valence-corrected chi connectivity index (χ3v) is 3.62. The Hall–Kier alpha value is -1.19. The molecule has 0 aliphatic heterocycles. The van der Waals surface area contributed by atoms with Gasteiger partial charge in [-0.1, -0.05) is 29.8 Å². The monoisotopic (exact) mass is 319 g/mol. The van der Waals surface area contributed by atoms with Gasteiger partial charge in [0.25, 0.3) is 0 Å². The molecule has 0 saturated carbocycles. The SMILES string of the molecule is Cc1cccc(CC(CO)Cc2ccc(Br)cn2)c1. The topological polar surface area (TPSA) is 33.1 Å². The molecule has 2 rings (SSSR count). The van der Waals surface area contributed by atoms with Crippen molar-refractivity contribution in [3.8, 4) is 0 Å². The molecule has 1 atom stereocenters. The Balaban J connectivity index is 2.02. The average molecular weight is 320 g/mol. The zero-order valence-electron chi connectivity index (χ0n) is 11.0. The number of aryl methyl sites for hydroxylation is 1. The second-order valence-corrected chi connectivity index (χ2v) is 5.83. The molecule has 0 saturated heterocycles. The van der Waals surface area contributed by atoms with E-state index in [1.54, 1.807) is 6.20 Å². The van der Waals surface area contributed by atoms with E-state index < -0.39 is 0 Å². The molecule has 1 unspecified atom stereocenters. The lowest BCUT2D eigenvalue weighted by Crippen LogP contribution is -2.13. The average Bonchev–Trinajstić information content (AvgIpc) is 2.40. The van der Waals surface area contributed by atoms with E-state index >= 15 is 0 Å². The van der Waals surface area contributed by atoms with Crippen LogP contribution in [0.1, 0.15) is 16.8 Å². The van der Waals surface area contributed by atoms with Gasteiger partial charge in [0.1, 0.15) is 0 Å². The highest BCUT2D eigenvalue weighted by Gasteiger charge is 2.10. The van der Waals surface area contributed by atoms with Crippen molar-refractivity contribution in [1.82, 2.24) is 4.98 Å². The predicted octanol–water partition coefficient (Wildman–Crippen LogP) is 3.55. The molecule has 100 valence electrons. The molecular weight excluding hydrogens is 302 g/mol. The van der Waals surface area contributed by atoms with Crippen LogP contribution in [-0.2, 0) is 12.8 Å². The lowest BCUT2D eigenvalue weighted by Gasteiger charge is -2.14. The summed E-state index contributed by atoms with van der Waals surface area (Å²) in [6.07, 6.45) is 3.49. The van der Waals surface area contributed by atoms with Crippen LogP contribution in [-0.4, -0.2) is 16.7 Å². The first-order valence-electron chi connectivity index (χ1n) is 6.44. The molecule has 2 aromatic rings. The molecule has 0 aliphatic rings. The van der Waals surface area contributed by atoms with Crippen molar-refractivity contribution >= 4 is 15.9 Å². The Morgan fingerprint density at radius 3 is 2.68 bits per heavy atom. The molecule has 1 aromatic heterocycles. The minimum absolute atomic E-state index is 0.186. The number of hydrogen-bond donors (Lipinski definition) is 1. The summed E-state index contributed by atoms with van der Waals surface area (Å²) < 4.78 is 0.982. The number of aliphatic hydroxyl groups excluding tert-OH is 1. The third kappa shape index (κ3) is 4.44. The molecule has 0 fully saturated rings. The Bertz CT molecular complexity index is 525. The van der Waals surface area contributed by atoms with E-state index in [2.05, 4.69) is 52.1 Å². The van der Waals surface area contributed by atoms with Crippen LogP contribution in [0.3, 0.4) is 0 Å². The van der Waals surface area contributed by atoms with Crippen LogP contribution in [0.25, 0.3) is 0 Å². The first kappa shape index (κ1) is 14.2.